The summed E-state index contributed by atoms with van der Waals surface area (Å²) in [4.78, 5) is 11.2. The lowest BCUT2D eigenvalue weighted by atomic mass is 10.2. The third kappa shape index (κ3) is 3.63. The fourth-order valence-corrected chi connectivity index (χ4v) is 2.73. The molecule has 1 amide bonds. The minimum Gasteiger partial charge on any atom is -0.381 e. The third-order valence-corrected chi connectivity index (χ3v) is 3.84. The van der Waals surface area contributed by atoms with E-state index in [0.717, 1.165) is 32.6 Å². The maximum absolute atomic E-state index is 11.2. The van der Waals surface area contributed by atoms with Crippen molar-refractivity contribution in [3.8, 4) is 11.8 Å². The maximum Gasteiger partial charge on any atom is 0.234 e. The Morgan fingerprint density at radius 3 is 2.82 bits per heavy atom. The lowest BCUT2D eigenvalue weighted by molar-refractivity contribution is -0.132. The highest BCUT2D eigenvalue weighted by molar-refractivity contribution is 7.98. The van der Waals surface area contributed by atoms with Crippen LogP contribution in [0.15, 0.2) is 0 Å². The molecule has 1 unspecified atom stereocenters. The minimum absolute atomic E-state index is 0.175. The van der Waals surface area contributed by atoms with Crippen LogP contribution in [0.1, 0.15) is 26.2 Å². The molecule has 0 aromatic carbocycles. The van der Waals surface area contributed by atoms with Crippen LogP contribution in [-0.2, 0) is 14.3 Å². The number of carbonyl (C=O) groups is 1. The van der Waals surface area contributed by atoms with Gasteiger partial charge in [-0.15, -0.1) is 5.92 Å². The van der Waals surface area contributed by atoms with Gasteiger partial charge in [-0.05, 0) is 31.7 Å². The zero-order valence-electron chi connectivity index (χ0n) is 9.98. The summed E-state index contributed by atoms with van der Waals surface area (Å²) < 4.78 is 12.9. The maximum atomic E-state index is 11.2. The van der Waals surface area contributed by atoms with E-state index < -0.39 is 0 Å². The van der Waals surface area contributed by atoms with Crippen LogP contribution in [0.25, 0.3) is 0 Å². The number of nitrogens with zero attached hydrogens (tertiary/aromatic N) is 1. The zero-order chi connectivity index (χ0) is 12.1. The lowest BCUT2D eigenvalue weighted by Crippen LogP contribution is -2.40. The van der Waals surface area contributed by atoms with Gasteiger partial charge in [-0.1, -0.05) is 5.92 Å². The van der Waals surface area contributed by atoms with Gasteiger partial charge in [-0.3, -0.25) is 9.10 Å². The fraction of sp³-hybridized carbons (Fsp3) is 0.750. The number of rotatable bonds is 4. The Morgan fingerprint density at radius 2 is 2.29 bits per heavy atom. The molecule has 0 N–H and O–H groups in total. The highest BCUT2D eigenvalue weighted by atomic mass is 32.2. The molecule has 0 aliphatic carbocycles. The monoisotopic (exact) mass is 255 g/mol. The van der Waals surface area contributed by atoms with E-state index in [-0.39, 0.29) is 17.4 Å². The van der Waals surface area contributed by atoms with E-state index in [9.17, 15) is 4.79 Å². The first kappa shape index (κ1) is 12.7. The lowest BCUT2D eigenvalue weighted by Gasteiger charge is -2.32. The predicted molar refractivity (Wildman–Crippen MR) is 66.1 cm³/mol. The topological polar surface area (TPSA) is 38.8 Å². The fourth-order valence-electron chi connectivity index (χ4n) is 1.71. The number of amides is 1. The molecule has 2 saturated heterocycles. The second-order valence-electron chi connectivity index (χ2n) is 4.03. The number of hydrogen-bond acceptors (Lipinski definition) is 4. The highest BCUT2D eigenvalue weighted by Gasteiger charge is 2.29. The van der Waals surface area contributed by atoms with Gasteiger partial charge in [0.1, 0.15) is 0 Å². The molecule has 5 heteroatoms. The van der Waals surface area contributed by atoms with Crippen molar-refractivity contribution in [2.24, 2.45) is 0 Å². The molecule has 2 fully saturated rings. The number of hydrogen-bond donors (Lipinski definition) is 0. The molecule has 2 aliphatic rings. The Morgan fingerprint density at radius 1 is 1.53 bits per heavy atom. The van der Waals surface area contributed by atoms with Crippen LogP contribution < -0.4 is 0 Å². The van der Waals surface area contributed by atoms with Crippen LogP contribution >= 0.6 is 11.9 Å². The van der Waals surface area contributed by atoms with Crippen molar-refractivity contribution in [2.75, 3.05) is 19.8 Å². The van der Waals surface area contributed by atoms with Gasteiger partial charge in [0.25, 0.3) is 0 Å². The summed E-state index contributed by atoms with van der Waals surface area (Å²) in [5, 5.41) is 0. The second kappa shape index (κ2) is 6.29. The van der Waals surface area contributed by atoms with E-state index in [1.807, 2.05) is 0 Å². The zero-order valence-corrected chi connectivity index (χ0v) is 10.8. The Hall–Kier alpha value is -0.700. The molecule has 4 nitrogen and oxygen atoms in total. The van der Waals surface area contributed by atoms with Crippen molar-refractivity contribution in [3.63, 3.8) is 0 Å². The molecule has 2 aliphatic heterocycles. The van der Waals surface area contributed by atoms with Gasteiger partial charge in [-0.2, -0.15) is 0 Å². The molecule has 2 heterocycles. The molecule has 17 heavy (non-hydrogen) atoms. The highest BCUT2D eigenvalue weighted by Crippen LogP contribution is 2.27. The average molecular weight is 255 g/mol. The first-order valence-corrected chi connectivity index (χ1v) is 6.76. The van der Waals surface area contributed by atoms with E-state index in [0.29, 0.717) is 6.42 Å². The summed E-state index contributed by atoms with van der Waals surface area (Å²) in [5.41, 5.74) is -0.229. The predicted octanol–water partition coefficient (Wildman–Crippen LogP) is 1.41. The minimum atomic E-state index is -0.229. The summed E-state index contributed by atoms with van der Waals surface area (Å²) in [7, 11) is 0. The quantitative estimate of drug-likeness (QED) is 0.329. The molecule has 0 aromatic heterocycles. The summed E-state index contributed by atoms with van der Waals surface area (Å²) >= 11 is 1.40. The third-order valence-electron chi connectivity index (χ3n) is 2.78. The van der Waals surface area contributed by atoms with Gasteiger partial charge in [0.2, 0.25) is 5.91 Å². The molecule has 0 saturated carbocycles. The molecular weight excluding hydrogens is 238 g/mol. The summed E-state index contributed by atoms with van der Waals surface area (Å²) in [5.74, 6) is 6.04. The number of β-lactam (4-membered cyclic amide) rings is 1. The van der Waals surface area contributed by atoms with Crippen molar-refractivity contribution in [3.05, 3.63) is 0 Å². The Labute approximate surface area is 106 Å². The van der Waals surface area contributed by atoms with E-state index in [2.05, 4.69) is 11.8 Å². The first-order chi connectivity index (χ1) is 8.29. The summed E-state index contributed by atoms with van der Waals surface area (Å²) in [6.45, 7) is 4.11. The Kier molecular flexibility index (Phi) is 4.72. The standard InChI is InChI=1S/C12H17NO3S/c1-2-3-12(17-13-7-4-11(13)14)16-10-5-8-15-9-6-10/h10,12H,4-9H2,1H3. The molecular formula is C12H17NO3S. The molecule has 0 bridgehead atoms. The summed E-state index contributed by atoms with van der Waals surface area (Å²) in [6, 6.07) is 0. The van der Waals surface area contributed by atoms with Crippen LogP contribution in [-0.4, -0.2) is 41.5 Å². The molecule has 0 radical (unpaired) electrons. The van der Waals surface area contributed by atoms with Crippen molar-refractivity contribution < 1.29 is 14.3 Å². The van der Waals surface area contributed by atoms with Crippen molar-refractivity contribution >= 4 is 17.9 Å². The molecule has 94 valence electrons. The number of carbonyl (C=O) groups excluding carboxylic acids is 1. The smallest absolute Gasteiger partial charge is 0.234 e. The largest absolute Gasteiger partial charge is 0.381 e. The van der Waals surface area contributed by atoms with Crippen molar-refractivity contribution in [1.29, 1.82) is 0 Å². The van der Waals surface area contributed by atoms with Crippen LogP contribution in [0.4, 0.5) is 0 Å². The van der Waals surface area contributed by atoms with Gasteiger partial charge in [-0.25, -0.2) is 0 Å². The Bertz CT molecular complexity index is 330. The molecule has 0 spiro atoms. The van der Waals surface area contributed by atoms with E-state index in [1.54, 1.807) is 11.2 Å². The average Bonchev–Trinajstić information content (AvgIpc) is 2.35. The van der Waals surface area contributed by atoms with Crippen LogP contribution in [0.2, 0.25) is 0 Å². The Balaban J connectivity index is 1.82. The second-order valence-corrected chi connectivity index (χ2v) is 5.11. The van der Waals surface area contributed by atoms with E-state index in [1.165, 1.54) is 11.9 Å². The SMILES string of the molecule is CC#CC(OC1CCOCC1)SN1CCC1=O. The first-order valence-electron chi connectivity index (χ1n) is 5.92. The van der Waals surface area contributed by atoms with Crippen LogP contribution in [0.5, 0.6) is 0 Å². The number of ether oxygens (including phenoxy) is 2. The van der Waals surface area contributed by atoms with Crippen LogP contribution in [0.3, 0.4) is 0 Å². The molecule has 0 aromatic rings. The van der Waals surface area contributed by atoms with Gasteiger partial charge in [0.05, 0.1) is 6.10 Å². The van der Waals surface area contributed by atoms with Gasteiger partial charge in [0, 0.05) is 26.2 Å². The molecule has 2 rings (SSSR count). The van der Waals surface area contributed by atoms with Crippen LogP contribution in [0, 0.1) is 11.8 Å². The van der Waals surface area contributed by atoms with E-state index in [4.69, 9.17) is 9.47 Å². The van der Waals surface area contributed by atoms with Gasteiger partial charge >= 0.3 is 0 Å². The normalized spacial score (nSPS) is 22.6. The van der Waals surface area contributed by atoms with Gasteiger partial charge in [0.15, 0.2) is 5.44 Å². The summed E-state index contributed by atoms with van der Waals surface area (Å²) in [6.07, 6.45) is 2.68. The van der Waals surface area contributed by atoms with E-state index >= 15 is 0 Å². The molecule has 1 atom stereocenters. The van der Waals surface area contributed by atoms with Crippen molar-refractivity contribution in [1.82, 2.24) is 4.31 Å². The van der Waals surface area contributed by atoms with Gasteiger partial charge < -0.3 is 9.47 Å². The van der Waals surface area contributed by atoms with Crippen molar-refractivity contribution in [2.45, 2.75) is 37.7 Å².